The first-order chi connectivity index (χ1) is 14.8. The quantitative estimate of drug-likeness (QED) is 0.428. The normalized spacial score (nSPS) is 16.4. The van der Waals surface area contributed by atoms with Crippen molar-refractivity contribution < 1.29 is 18.7 Å². The van der Waals surface area contributed by atoms with Gasteiger partial charge in [-0.1, -0.05) is 56.3 Å². The van der Waals surface area contributed by atoms with Crippen molar-refractivity contribution in [1.29, 1.82) is 0 Å². The third-order valence-electron chi connectivity index (χ3n) is 5.89. The Balaban J connectivity index is 1.42. The van der Waals surface area contributed by atoms with E-state index in [0.29, 0.717) is 11.4 Å². The molecular weight excluding hydrogens is 393 g/mol. The highest BCUT2D eigenvalue weighted by Gasteiger charge is 2.36. The van der Waals surface area contributed by atoms with Crippen LogP contribution in [0.4, 0.5) is 10.1 Å². The Hall–Kier alpha value is -3.47. The van der Waals surface area contributed by atoms with Crippen molar-refractivity contribution in [2.24, 2.45) is 5.92 Å². The maximum absolute atomic E-state index is 13.1. The summed E-state index contributed by atoms with van der Waals surface area (Å²) in [6.07, 6.45) is 0.0787. The summed E-state index contributed by atoms with van der Waals surface area (Å²) in [5, 5.41) is 0. The molecule has 5 heteroatoms. The third-order valence-corrected chi connectivity index (χ3v) is 5.89. The molecule has 1 heterocycles. The summed E-state index contributed by atoms with van der Waals surface area (Å²) in [5.74, 6) is -1.09. The summed E-state index contributed by atoms with van der Waals surface area (Å²) in [7, 11) is 0. The monoisotopic (exact) mass is 417 g/mol. The molecule has 31 heavy (non-hydrogen) atoms. The Labute approximate surface area is 181 Å². The molecule has 0 N–H and O–H groups in total. The Morgan fingerprint density at radius 1 is 0.935 bits per heavy atom. The second-order valence-corrected chi connectivity index (χ2v) is 8.32. The maximum atomic E-state index is 13.1. The summed E-state index contributed by atoms with van der Waals surface area (Å²) in [5.41, 5.74) is 2.70. The van der Waals surface area contributed by atoms with Crippen molar-refractivity contribution in [3.8, 4) is 5.75 Å². The van der Waals surface area contributed by atoms with E-state index in [2.05, 4.69) is 26.0 Å². The second kappa shape index (κ2) is 8.34. The number of hydrogen-bond acceptors (Lipinski definition) is 3. The van der Waals surface area contributed by atoms with Crippen molar-refractivity contribution in [2.45, 2.75) is 25.7 Å². The first-order valence-corrected chi connectivity index (χ1v) is 10.3. The average molecular weight is 417 g/mol. The first-order valence-electron chi connectivity index (χ1n) is 10.3. The van der Waals surface area contributed by atoms with Crippen molar-refractivity contribution in [3.05, 3.63) is 95.8 Å². The van der Waals surface area contributed by atoms with E-state index in [4.69, 9.17) is 4.74 Å². The summed E-state index contributed by atoms with van der Waals surface area (Å²) < 4.78 is 18.7. The number of carbonyl (C=O) groups excluding carboxylic acids is 2. The molecule has 1 fully saturated rings. The fraction of sp³-hybridized carbons (Fsp3) is 0.231. The number of carbonyl (C=O) groups is 2. The molecule has 158 valence electrons. The number of anilines is 1. The maximum Gasteiger partial charge on any atom is 0.316 e. The summed E-state index contributed by atoms with van der Waals surface area (Å²) >= 11 is 0. The van der Waals surface area contributed by atoms with Gasteiger partial charge < -0.3 is 9.64 Å². The van der Waals surface area contributed by atoms with E-state index in [1.165, 1.54) is 34.7 Å². The largest absolute Gasteiger partial charge is 0.426 e. The van der Waals surface area contributed by atoms with Crippen LogP contribution in [-0.4, -0.2) is 18.4 Å². The lowest BCUT2D eigenvalue weighted by atomic mass is 9.78. The molecule has 1 saturated heterocycles. The fourth-order valence-electron chi connectivity index (χ4n) is 3.90. The zero-order chi connectivity index (χ0) is 22.0. The van der Waals surface area contributed by atoms with Gasteiger partial charge in [0.05, 0.1) is 5.92 Å². The lowest BCUT2D eigenvalue weighted by Crippen LogP contribution is -2.27. The van der Waals surface area contributed by atoms with Crippen LogP contribution in [0.3, 0.4) is 0 Å². The van der Waals surface area contributed by atoms with E-state index in [1.807, 2.05) is 30.3 Å². The SMILES string of the molecule is CC(C)(c1ccccc1)c1ccc(OC(=O)[C@@H]2CC(=O)N(c3ccc(F)cc3)C2)cc1. The molecule has 0 radical (unpaired) electrons. The van der Waals surface area contributed by atoms with Gasteiger partial charge in [0.1, 0.15) is 11.6 Å². The molecule has 0 aliphatic carbocycles. The Morgan fingerprint density at radius 3 is 2.19 bits per heavy atom. The van der Waals surface area contributed by atoms with E-state index < -0.39 is 11.9 Å². The van der Waals surface area contributed by atoms with Crippen molar-refractivity contribution in [2.75, 3.05) is 11.4 Å². The topological polar surface area (TPSA) is 46.6 Å². The minimum absolute atomic E-state index is 0.0787. The number of amides is 1. The van der Waals surface area contributed by atoms with E-state index in [1.54, 1.807) is 12.1 Å². The van der Waals surface area contributed by atoms with Crippen LogP contribution >= 0.6 is 0 Å². The fourth-order valence-corrected chi connectivity index (χ4v) is 3.90. The van der Waals surface area contributed by atoms with Crippen molar-refractivity contribution in [3.63, 3.8) is 0 Å². The predicted octanol–water partition coefficient (Wildman–Crippen LogP) is 5.11. The van der Waals surface area contributed by atoms with Gasteiger partial charge in [-0.2, -0.15) is 0 Å². The molecule has 0 aromatic heterocycles. The highest BCUT2D eigenvalue weighted by molar-refractivity contribution is 5.99. The summed E-state index contributed by atoms with van der Waals surface area (Å²) in [6.45, 7) is 4.53. The van der Waals surface area contributed by atoms with Crippen molar-refractivity contribution >= 4 is 17.6 Å². The molecule has 1 amide bonds. The molecule has 0 saturated carbocycles. The molecule has 0 unspecified atom stereocenters. The highest BCUT2D eigenvalue weighted by atomic mass is 19.1. The van der Waals surface area contributed by atoms with Crippen LogP contribution in [0.5, 0.6) is 5.75 Å². The number of hydrogen-bond donors (Lipinski definition) is 0. The number of benzene rings is 3. The number of rotatable bonds is 5. The molecule has 1 atom stereocenters. The molecule has 0 spiro atoms. The zero-order valence-electron chi connectivity index (χ0n) is 17.5. The van der Waals surface area contributed by atoms with E-state index in [9.17, 15) is 14.0 Å². The molecule has 3 aromatic rings. The van der Waals surface area contributed by atoms with Crippen LogP contribution in [-0.2, 0) is 15.0 Å². The predicted molar refractivity (Wildman–Crippen MR) is 118 cm³/mol. The van der Waals surface area contributed by atoms with Gasteiger partial charge >= 0.3 is 5.97 Å². The lowest BCUT2D eigenvalue weighted by Gasteiger charge is -2.26. The van der Waals surface area contributed by atoms with Gasteiger partial charge in [0.15, 0.2) is 0 Å². The Bertz CT molecular complexity index is 1080. The number of halogens is 1. The molecule has 4 rings (SSSR count). The van der Waals surface area contributed by atoms with Gasteiger partial charge in [0, 0.05) is 24.1 Å². The Morgan fingerprint density at radius 2 is 1.55 bits per heavy atom. The molecular formula is C26H24FNO3. The number of ether oxygens (including phenoxy) is 1. The van der Waals surface area contributed by atoms with Gasteiger partial charge in [-0.3, -0.25) is 9.59 Å². The first kappa shape index (κ1) is 20.8. The number of nitrogens with zero attached hydrogens (tertiary/aromatic N) is 1. The van der Waals surface area contributed by atoms with E-state index in [-0.39, 0.29) is 30.1 Å². The van der Waals surface area contributed by atoms with Gasteiger partial charge in [-0.15, -0.1) is 0 Å². The van der Waals surface area contributed by atoms with Crippen LogP contribution in [0, 0.1) is 11.7 Å². The molecule has 3 aromatic carbocycles. The molecule has 0 bridgehead atoms. The average Bonchev–Trinajstić information content (AvgIpc) is 3.17. The van der Waals surface area contributed by atoms with Gasteiger partial charge in [0.25, 0.3) is 0 Å². The standard InChI is InChI=1S/C26H24FNO3/c1-26(2,19-6-4-3-5-7-19)20-8-14-23(15-9-20)31-25(30)18-16-24(29)28(17-18)22-12-10-21(27)11-13-22/h3-15,18H,16-17H2,1-2H3/t18-/m1/s1. The van der Waals surface area contributed by atoms with Gasteiger partial charge in [-0.25, -0.2) is 4.39 Å². The third kappa shape index (κ3) is 4.36. The van der Waals surface area contributed by atoms with Crippen LogP contribution in [0.2, 0.25) is 0 Å². The van der Waals surface area contributed by atoms with E-state index in [0.717, 1.165) is 5.56 Å². The lowest BCUT2D eigenvalue weighted by molar-refractivity contribution is -0.139. The van der Waals surface area contributed by atoms with Crippen LogP contribution in [0.1, 0.15) is 31.4 Å². The van der Waals surface area contributed by atoms with Gasteiger partial charge in [-0.05, 0) is 47.5 Å². The van der Waals surface area contributed by atoms with Crippen LogP contribution in [0.25, 0.3) is 0 Å². The zero-order valence-corrected chi connectivity index (χ0v) is 17.5. The molecule has 1 aliphatic heterocycles. The highest BCUT2D eigenvalue weighted by Crippen LogP contribution is 2.32. The summed E-state index contributed by atoms with van der Waals surface area (Å²) in [4.78, 5) is 26.5. The minimum Gasteiger partial charge on any atom is -0.426 e. The summed E-state index contributed by atoms with van der Waals surface area (Å²) in [6, 6.07) is 23.4. The van der Waals surface area contributed by atoms with Crippen LogP contribution < -0.4 is 9.64 Å². The number of esters is 1. The smallest absolute Gasteiger partial charge is 0.316 e. The Kier molecular flexibility index (Phi) is 5.59. The van der Waals surface area contributed by atoms with Crippen LogP contribution in [0.15, 0.2) is 78.9 Å². The molecule has 1 aliphatic rings. The van der Waals surface area contributed by atoms with Crippen molar-refractivity contribution in [1.82, 2.24) is 0 Å². The molecule has 4 nitrogen and oxygen atoms in total. The second-order valence-electron chi connectivity index (χ2n) is 8.32. The van der Waals surface area contributed by atoms with Gasteiger partial charge in [0.2, 0.25) is 5.91 Å². The minimum atomic E-state index is -0.557. The van der Waals surface area contributed by atoms with E-state index >= 15 is 0 Å².